The van der Waals surface area contributed by atoms with Crippen LogP contribution in [-0.4, -0.2) is 35.2 Å². The lowest BCUT2D eigenvalue weighted by Crippen LogP contribution is -2.20. The predicted molar refractivity (Wildman–Crippen MR) is 100 cm³/mol. The van der Waals surface area contributed by atoms with Crippen LogP contribution in [0.2, 0.25) is 0 Å². The molecule has 0 bridgehead atoms. The number of para-hydroxylation sites is 1. The molecule has 1 aromatic heterocycles. The van der Waals surface area contributed by atoms with Gasteiger partial charge in [-0.2, -0.15) is 4.98 Å². The lowest BCUT2D eigenvalue weighted by molar-refractivity contribution is 0.303. The summed E-state index contributed by atoms with van der Waals surface area (Å²) in [6.07, 6.45) is 1.03. The van der Waals surface area contributed by atoms with Crippen molar-refractivity contribution in [3.8, 4) is 17.1 Å². The van der Waals surface area contributed by atoms with Crippen molar-refractivity contribution in [1.82, 2.24) is 15.0 Å². The minimum absolute atomic E-state index is 0.287. The summed E-state index contributed by atoms with van der Waals surface area (Å²) < 4.78 is 11.1. The number of nitrogens with zero attached hydrogens (tertiary/aromatic N) is 3. The van der Waals surface area contributed by atoms with E-state index in [2.05, 4.69) is 40.2 Å². The van der Waals surface area contributed by atoms with Crippen molar-refractivity contribution in [3.05, 3.63) is 65.5 Å². The minimum Gasteiger partial charge on any atom is -0.496 e. The molecule has 0 radical (unpaired) electrons. The van der Waals surface area contributed by atoms with Gasteiger partial charge in [0, 0.05) is 24.2 Å². The van der Waals surface area contributed by atoms with E-state index in [1.54, 1.807) is 7.11 Å². The standard InChI is InChI=1S/C21H23N3O2/c1-15-7-3-5-9-18(15)20-22-21(26-23-20)17-11-12-24(14-17)13-16-8-4-6-10-19(16)25-2/h3-10,17H,11-14H2,1-2H3/t17-/m1/s1. The Morgan fingerprint density at radius 1 is 1.15 bits per heavy atom. The van der Waals surface area contributed by atoms with Crippen LogP contribution in [0.25, 0.3) is 11.4 Å². The predicted octanol–water partition coefficient (Wildman–Crippen LogP) is 4.04. The van der Waals surface area contributed by atoms with Crippen LogP contribution in [0.1, 0.15) is 29.4 Å². The van der Waals surface area contributed by atoms with E-state index >= 15 is 0 Å². The summed E-state index contributed by atoms with van der Waals surface area (Å²) in [7, 11) is 1.72. The number of ether oxygens (including phenoxy) is 1. The first-order chi connectivity index (χ1) is 12.7. The van der Waals surface area contributed by atoms with E-state index in [4.69, 9.17) is 9.26 Å². The normalized spacial score (nSPS) is 17.5. The van der Waals surface area contributed by atoms with Crippen molar-refractivity contribution in [1.29, 1.82) is 0 Å². The van der Waals surface area contributed by atoms with Gasteiger partial charge in [0.05, 0.1) is 13.0 Å². The highest BCUT2D eigenvalue weighted by Crippen LogP contribution is 2.30. The van der Waals surface area contributed by atoms with Crippen LogP contribution in [0.5, 0.6) is 5.75 Å². The number of likely N-dealkylation sites (tertiary alicyclic amines) is 1. The lowest BCUT2D eigenvalue weighted by Gasteiger charge is -2.17. The monoisotopic (exact) mass is 349 g/mol. The van der Waals surface area contributed by atoms with Crippen LogP contribution < -0.4 is 4.74 Å². The molecule has 0 aliphatic carbocycles. The van der Waals surface area contributed by atoms with Crippen molar-refractivity contribution in [2.75, 3.05) is 20.2 Å². The fourth-order valence-corrected chi connectivity index (χ4v) is 3.59. The fourth-order valence-electron chi connectivity index (χ4n) is 3.59. The molecule has 1 aliphatic heterocycles. The van der Waals surface area contributed by atoms with Gasteiger partial charge in [0.25, 0.3) is 0 Å². The van der Waals surface area contributed by atoms with Gasteiger partial charge in [-0.3, -0.25) is 4.90 Å². The second-order valence-electron chi connectivity index (χ2n) is 6.80. The number of benzene rings is 2. The lowest BCUT2D eigenvalue weighted by atomic mass is 10.1. The van der Waals surface area contributed by atoms with Crippen LogP contribution in [0.15, 0.2) is 53.1 Å². The third kappa shape index (κ3) is 3.35. The van der Waals surface area contributed by atoms with E-state index in [1.807, 2.05) is 30.3 Å². The van der Waals surface area contributed by atoms with Crippen LogP contribution >= 0.6 is 0 Å². The molecule has 5 heteroatoms. The zero-order chi connectivity index (χ0) is 17.9. The van der Waals surface area contributed by atoms with Gasteiger partial charge in [-0.05, 0) is 31.5 Å². The average molecular weight is 349 g/mol. The van der Waals surface area contributed by atoms with Gasteiger partial charge >= 0.3 is 0 Å². The highest BCUT2D eigenvalue weighted by atomic mass is 16.5. The minimum atomic E-state index is 0.287. The van der Waals surface area contributed by atoms with Gasteiger partial charge in [0.2, 0.25) is 11.7 Å². The van der Waals surface area contributed by atoms with E-state index in [9.17, 15) is 0 Å². The quantitative estimate of drug-likeness (QED) is 0.696. The Balaban J connectivity index is 1.45. The van der Waals surface area contributed by atoms with E-state index in [0.717, 1.165) is 48.8 Å². The summed E-state index contributed by atoms with van der Waals surface area (Å²) in [6.45, 7) is 4.88. The van der Waals surface area contributed by atoms with Crippen LogP contribution in [-0.2, 0) is 6.54 Å². The second kappa shape index (κ2) is 7.30. The third-order valence-corrected chi connectivity index (χ3v) is 5.04. The number of hydrogen-bond acceptors (Lipinski definition) is 5. The zero-order valence-electron chi connectivity index (χ0n) is 15.2. The molecule has 1 fully saturated rings. The summed E-state index contributed by atoms with van der Waals surface area (Å²) in [6, 6.07) is 16.3. The van der Waals surface area contributed by atoms with Gasteiger partial charge in [-0.1, -0.05) is 47.6 Å². The molecule has 1 saturated heterocycles. The topological polar surface area (TPSA) is 51.4 Å². The Bertz CT molecular complexity index is 890. The van der Waals surface area contributed by atoms with Crippen LogP contribution in [0.3, 0.4) is 0 Å². The highest BCUT2D eigenvalue weighted by Gasteiger charge is 2.29. The van der Waals surface area contributed by atoms with E-state index in [0.29, 0.717) is 5.82 Å². The Morgan fingerprint density at radius 3 is 2.81 bits per heavy atom. The molecule has 0 spiro atoms. The summed E-state index contributed by atoms with van der Waals surface area (Å²) >= 11 is 0. The molecule has 5 nitrogen and oxygen atoms in total. The second-order valence-corrected chi connectivity index (χ2v) is 6.80. The summed E-state index contributed by atoms with van der Waals surface area (Å²) in [4.78, 5) is 7.09. The molecular weight excluding hydrogens is 326 g/mol. The van der Waals surface area contributed by atoms with Crippen LogP contribution in [0.4, 0.5) is 0 Å². The summed E-state index contributed by atoms with van der Waals surface area (Å²) in [5, 5.41) is 4.20. The maximum Gasteiger partial charge on any atom is 0.231 e. The largest absolute Gasteiger partial charge is 0.496 e. The molecule has 4 rings (SSSR count). The first-order valence-electron chi connectivity index (χ1n) is 8.98. The number of rotatable bonds is 5. The molecular formula is C21H23N3O2. The molecule has 2 aromatic carbocycles. The maximum atomic E-state index is 5.59. The number of aryl methyl sites for hydroxylation is 1. The van der Waals surface area contributed by atoms with Crippen molar-refractivity contribution >= 4 is 0 Å². The molecule has 0 unspecified atom stereocenters. The number of methoxy groups -OCH3 is 1. The molecule has 134 valence electrons. The van der Waals surface area contributed by atoms with Crippen molar-refractivity contribution in [2.45, 2.75) is 25.8 Å². The van der Waals surface area contributed by atoms with Crippen molar-refractivity contribution < 1.29 is 9.26 Å². The summed E-state index contributed by atoms with van der Waals surface area (Å²) in [5.74, 6) is 2.65. The smallest absolute Gasteiger partial charge is 0.231 e. The zero-order valence-corrected chi connectivity index (χ0v) is 15.2. The van der Waals surface area contributed by atoms with Gasteiger partial charge in [-0.15, -0.1) is 0 Å². The Kier molecular flexibility index (Phi) is 4.71. The molecule has 0 saturated carbocycles. The number of aromatic nitrogens is 2. The first kappa shape index (κ1) is 16.8. The highest BCUT2D eigenvalue weighted by molar-refractivity contribution is 5.59. The van der Waals surface area contributed by atoms with Gasteiger partial charge in [-0.25, -0.2) is 0 Å². The number of hydrogen-bond donors (Lipinski definition) is 0. The van der Waals surface area contributed by atoms with E-state index in [-0.39, 0.29) is 5.92 Å². The van der Waals surface area contributed by atoms with Gasteiger partial charge in [0.1, 0.15) is 5.75 Å². The van der Waals surface area contributed by atoms with Gasteiger partial charge in [0.15, 0.2) is 0 Å². The molecule has 2 heterocycles. The molecule has 0 amide bonds. The molecule has 3 aromatic rings. The molecule has 1 atom stereocenters. The van der Waals surface area contributed by atoms with Crippen molar-refractivity contribution in [2.24, 2.45) is 0 Å². The van der Waals surface area contributed by atoms with E-state index in [1.165, 1.54) is 5.56 Å². The average Bonchev–Trinajstić information content (AvgIpc) is 3.32. The molecule has 1 aliphatic rings. The fraction of sp³-hybridized carbons (Fsp3) is 0.333. The first-order valence-corrected chi connectivity index (χ1v) is 8.98. The molecule has 0 N–H and O–H groups in total. The van der Waals surface area contributed by atoms with E-state index < -0.39 is 0 Å². The third-order valence-electron chi connectivity index (χ3n) is 5.04. The van der Waals surface area contributed by atoms with Crippen LogP contribution in [0, 0.1) is 6.92 Å². The SMILES string of the molecule is COc1ccccc1CN1CC[C@@H](c2nc(-c3ccccc3C)no2)C1. The Labute approximate surface area is 153 Å². The van der Waals surface area contributed by atoms with Crippen molar-refractivity contribution in [3.63, 3.8) is 0 Å². The Hall–Kier alpha value is -2.66. The Morgan fingerprint density at radius 2 is 1.96 bits per heavy atom. The molecule has 26 heavy (non-hydrogen) atoms. The van der Waals surface area contributed by atoms with Gasteiger partial charge < -0.3 is 9.26 Å². The maximum absolute atomic E-state index is 5.59. The summed E-state index contributed by atoms with van der Waals surface area (Å²) in [5.41, 5.74) is 3.40.